The molecule has 3 N–H and O–H groups in total. The predicted octanol–water partition coefficient (Wildman–Crippen LogP) is 2.67. The first-order valence-corrected chi connectivity index (χ1v) is 9.28. The van der Waals surface area contributed by atoms with E-state index in [1.165, 1.54) is 0 Å². The zero-order valence-electron chi connectivity index (χ0n) is 15.1. The Labute approximate surface area is 158 Å². The first kappa shape index (κ1) is 17.4. The number of aromatic nitrogens is 2. The van der Waals surface area contributed by atoms with Crippen LogP contribution in [0.1, 0.15) is 30.3 Å². The van der Waals surface area contributed by atoms with Crippen LogP contribution in [0.15, 0.2) is 54.6 Å². The third kappa shape index (κ3) is 3.90. The van der Waals surface area contributed by atoms with Gasteiger partial charge in [-0.2, -0.15) is 0 Å². The summed E-state index contributed by atoms with van der Waals surface area (Å²) in [5.41, 5.74) is 8.08. The molecule has 1 fully saturated rings. The molecule has 0 bridgehead atoms. The molecule has 0 radical (unpaired) electrons. The van der Waals surface area contributed by atoms with Crippen LogP contribution in [0.25, 0.3) is 10.9 Å². The van der Waals surface area contributed by atoms with Gasteiger partial charge >= 0.3 is 0 Å². The average Bonchev–Trinajstić information content (AvgIpc) is 3.10. The maximum absolute atomic E-state index is 12.1. The number of hydrogen-bond acceptors (Lipinski definition) is 5. The van der Waals surface area contributed by atoms with E-state index in [-0.39, 0.29) is 11.9 Å². The van der Waals surface area contributed by atoms with Gasteiger partial charge in [-0.25, -0.2) is 9.97 Å². The zero-order chi connectivity index (χ0) is 18.6. The number of fused-ring (bicyclic) bond motifs is 1. The van der Waals surface area contributed by atoms with Crippen molar-refractivity contribution >= 4 is 22.6 Å². The molecule has 1 aliphatic heterocycles. The quantitative estimate of drug-likeness (QED) is 0.705. The van der Waals surface area contributed by atoms with Crippen molar-refractivity contribution in [2.75, 3.05) is 18.8 Å². The van der Waals surface area contributed by atoms with Crippen molar-refractivity contribution in [3.8, 4) is 0 Å². The topological polar surface area (TPSA) is 84.1 Å². The number of amides is 1. The summed E-state index contributed by atoms with van der Waals surface area (Å²) in [5.74, 6) is 1.37. The number of carbonyl (C=O) groups excluding carboxylic acids is 1. The van der Waals surface area contributed by atoms with Crippen molar-refractivity contribution in [1.82, 2.24) is 20.2 Å². The van der Waals surface area contributed by atoms with Gasteiger partial charge in [0.25, 0.3) is 0 Å². The van der Waals surface area contributed by atoms with Gasteiger partial charge in [0.1, 0.15) is 11.6 Å². The number of nitrogens with zero attached hydrogens (tertiary/aromatic N) is 3. The van der Waals surface area contributed by atoms with Gasteiger partial charge in [-0.15, -0.1) is 0 Å². The lowest BCUT2D eigenvalue weighted by molar-refractivity contribution is -0.128. The normalized spacial score (nSPS) is 15.4. The SMILES string of the molecule is Nc1nc(CNC(CN2CCCC2=O)c2ccccc2)nc2ccccc12. The molecule has 0 saturated carbocycles. The molecule has 4 rings (SSSR count). The van der Waals surface area contributed by atoms with Gasteiger partial charge in [0, 0.05) is 24.9 Å². The molecular weight excluding hydrogens is 338 g/mol. The molecule has 6 nitrogen and oxygen atoms in total. The van der Waals surface area contributed by atoms with Crippen molar-refractivity contribution in [2.45, 2.75) is 25.4 Å². The first-order valence-electron chi connectivity index (χ1n) is 9.28. The van der Waals surface area contributed by atoms with Gasteiger partial charge in [-0.05, 0) is 24.1 Å². The maximum Gasteiger partial charge on any atom is 0.222 e. The zero-order valence-corrected chi connectivity index (χ0v) is 15.1. The third-order valence-electron chi connectivity index (χ3n) is 4.96. The molecule has 6 heteroatoms. The van der Waals surface area contributed by atoms with Crippen LogP contribution in [0.3, 0.4) is 0 Å². The van der Waals surface area contributed by atoms with E-state index >= 15 is 0 Å². The molecule has 2 aromatic carbocycles. The summed E-state index contributed by atoms with van der Waals surface area (Å²) in [4.78, 5) is 23.0. The number of nitrogens with two attached hydrogens (primary N) is 1. The van der Waals surface area contributed by atoms with E-state index < -0.39 is 0 Å². The Morgan fingerprint density at radius 2 is 1.85 bits per heavy atom. The van der Waals surface area contributed by atoms with Gasteiger partial charge in [0.2, 0.25) is 5.91 Å². The van der Waals surface area contributed by atoms with Crippen LogP contribution in [0.2, 0.25) is 0 Å². The Morgan fingerprint density at radius 3 is 2.63 bits per heavy atom. The molecule has 3 aromatic rings. The Morgan fingerprint density at radius 1 is 1.07 bits per heavy atom. The smallest absolute Gasteiger partial charge is 0.222 e. The van der Waals surface area contributed by atoms with Gasteiger partial charge in [0.05, 0.1) is 18.1 Å². The number of para-hydroxylation sites is 1. The van der Waals surface area contributed by atoms with Gasteiger partial charge in [-0.3, -0.25) is 4.79 Å². The highest BCUT2D eigenvalue weighted by Crippen LogP contribution is 2.20. The minimum absolute atomic E-state index is 0.0181. The lowest BCUT2D eigenvalue weighted by atomic mass is 10.1. The molecular formula is C21H23N5O. The number of carbonyl (C=O) groups is 1. The summed E-state index contributed by atoms with van der Waals surface area (Å²) in [7, 11) is 0. The van der Waals surface area contributed by atoms with E-state index in [0.29, 0.717) is 31.2 Å². The average molecular weight is 361 g/mol. The number of nitrogen functional groups attached to an aromatic ring is 1. The standard InChI is InChI=1S/C21H23N5O/c22-21-16-9-4-5-10-17(16)24-19(25-21)13-23-18(15-7-2-1-3-8-15)14-26-12-6-11-20(26)27/h1-5,7-10,18,23H,6,11-14H2,(H2,22,24,25). The molecule has 1 unspecified atom stereocenters. The van der Waals surface area contributed by atoms with Crippen molar-refractivity contribution in [3.05, 3.63) is 66.0 Å². The van der Waals surface area contributed by atoms with Crippen molar-refractivity contribution in [1.29, 1.82) is 0 Å². The fourth-order valence-electron chi connectivity index (χ4n) is 3.54. The molecule has 0 aliphatic carbocycles. The lowest BCUT2D eigenvalue weighted by Gasteiger charge is -2.25. The van der Waals surface area contributed by atoms with Crippen LogP contribution in [-0.4, -0.2) is 33.9 Å². The highest BCUT2D eigenvalue weighted by molar-refractivity contribution is 5.87. The van der Waals surface area contributed by atoms with Gasteiger partial charge in [0.15, 0.2) is 0 Å². The Kier molecular flexibility index (Phi) is 4.98. The highest BCUT2D eigenvalue weighted by Gasteiger charge is 2.24. The summed E-state index contributed by atoms with van der Waals surface area (Å²) in [6.45, 7) is 1.95. The van der Waals surface area contributed by atoms with E-state index in [1.807, 2.05) is 47.4 Å². The number of anilines is 1. The summed E-state index contributed by atoms with van der Waals surface area (Å²) in [5, 5.41) is 4.38. The summed E-state index contributed by atoms with van der Waals surface area (Å²) in [6.07, 6.45) is 1.58. The molecule has 1 saturated heterocycles. The molecule has 1 amide bonds. The van der Waals surface area contributed by atoms with Crippen molar-refractivity contribution < 1.29 is 4.79 Å². The van der Waals surface area contributed by atoms with Gasteiger partial charge < -0.3 is 16.0 Å². The fourth-order valence-corrected chi connectivity index (χ4v) is 3.54. The minimum Gasteiger partial charge on any atom is -0.383 e. The van der Waals surface area contributed by atoms with Crippen LogP contribution in [0, 0.1) is 0 Å². The summed E-state index contributed by atoms with van der Waals surface area (Å²) >= 11 is 0. The second-order valence-electron chi connectivity index (χ2n) is 6.83. The molecule has 138 valence electrons. The van der Waals surface area contributed by atoms with E-state index in [2.05, 4.69) is 27.4 Å². The number of likely N-dealkylation sites (tertiary alicyclic amines) is 1. The largest absolute Gasteiger partial charge is 0.383 e. The number of nitrogens with one attached hydrogen (secondary N) is 1. The second-order valence-corrected chi connectivity index (χ2v) is 6.83. The van der Waals surface area contributed by atoms with Crippen LogP contribution < -0.4 is 11.1 Å². The fraction of sp³-hybridized carbons (Fsp3) is 0.286. The summed E-state index contributed by atoms with van der Waals surface area (Å²) in [6, 6.07) is 17.9. The Bertz CT molecular complexity index is 944. The Hall–Kier alpha value is -2.99. The van der Waals surface area contributed by atoms with Crippen LogP contribution in [0.5, 0.6) is 0 Å². The first-order chi connectivity index (χ1) is 13.2. The predicted molar refractivity (Wildman–Crippen MR) is 106 cm³/mol. The van der Waals surface area contributed by atoms with Crippen LogP contribution in [-0.2, 0) is 11.3 Å². The van der Waals surface area contributed by atoms with E-state index in [1.54, 1.807) is 0 Å². The number of rotatable bonds is 6. The van der Waals surface area contributed by atoms with E-state index in [0.717, 1.165) is 29.4 Å². The highest BCUT2D eigenvalue weighted by atomic mass is 16.2. The molecule has 2 heterocycles. The Balaban J connectivity index is 1.54. The summed E-state index contributed by atoms with van der Waals surface area (Å²) < 4.78 is 0. The molecule has 0 spiro atoms. The van der Waals surface area contributed by atoms with Gasteiger partial charge in [-0.1, -0.05) is 42.5 Å². The van der Waals surface area contributed by atoms with E-state index in [9.17, 15) is 4.79 Å². The minimum atomic E-state index is 0.0181. The maximum atomic E-state index is 12.1. The van der Waals surface area contributed by atoms with Crippen molar-refractivity contribution in [2.24, 2.45) is 0 Å². The third-order valence-corrected chi connectivity index (χ3v) is 4.96. The number of hydrogen-bond donors (Lipinski definition) is 2. The molecule has 27 heavy (non-hydrogen) atoms. The van der Waals surface area contributed by atoms with Crippen LogP contribution >= 0.6 is 0 Å². The molecule has 1 aromatic heterocycles. The lowest BCUT2D eigenvalue weighted by Crippen LogP contribution is -2.36. The number of benzene rings is 2. The molecule has 1 aliphatic rings. The molecule has 1 atom stereocenters. The van der Waals surface area contributed by atoms with E-state index in [4.69, 9.17) is 5.73 Å². The monoisotopic (exact) mass is 361 g/mol. The van der Waals surface area contributed by atoms with Crippen molar-refractivity contribution in [3.63, 3.8) is 0 Å². The van der Waals surface area contributed by atoms with Crippen LogP contribution in [0.4, 0.5) is 5.82 Å². The second kappa shape index (κ2) is 7.72.